The van der Waals surface area contributed by atoms with Crippen molar-refractivity contribution < 1.29 is 18.3 Å². The van der Waals surface area contributed by atoms with Crippen LogP contribution in [0.15, 0.2) is 35.7 Å². The lowest BCUT2D eigenvalue weighted by atomic mass is 10.2. The summed E-state index contributed by atoms with van der Waals surface area (Å²) in [6, 6.07) is 3.24. The van der Waals surface area contributed by atoms with Gasteiger partial charge in [0.15, 0.2) is 0 Å². The molecule has 0 bridgehead atoms. The molecule has 1 aliphatic rings. The highest BCUT2D eigenvalue weighted by Crippen LogP contribution is 2.34. The van der Waals surface area contributed by atoms with Gasteiger partial charge in [0, 0.05) is 6.04 Å². The van der Waals surface area contributed by atoms with Gasteiger partial charge in [0.05, 0.1) is 15.5 Å². The van der Waals surface area contributed by atoms with Crippen LogP contribution < -0.4 is 4.72 Å². The summed E-state index contributed by atoms with van der Waals surface area (Å²) in [6.07, 6.45) is 3.51. The fraction of sp³-hybridized carbons (Fsp3) is 0.308. The minimum atomic E-state index is -3.74. The summed E-state index contributed by atoms with van der Waals surface area (Å²) in [4.78, 5) is 10.8. The Balaban J connectivity index is 2.27. The van der Waals surface area contributed by atoms with Gasteiger partial charge < -0.3 is 5.11 Å². The molecule has 108 valence electrons. The van der Waals surface area contributed by atoms with E-state index in [4.69, 9.17) is 16.7 Å². The molecular formula is C13H14ClNO4S. The van der Waals surface area contributed by atoms with Crippen molar-refractivity contribution in [2.24, 2.45) is 5.92 Å². The normalized spacial score (nSPS) is 16.6. The van der Waals surface area contributed by atoms with Crippen molar-refractivity contribution in [3.05, 3.63) is 41.4 Å². The van der Waals surface area contributed by atoms with Crippen LogP contribution in [0.5, 0.6) is 0 Å². The van der Waals surface area contributed by atoms with Gasteiger partial charge in [-0.25, -0.2) is 17.9 Å². The van der Waals surface area contributed by atoms with Crippen LogP contribution in [-0.4, -0.2) is 25.5 Å². The Kier molecular flexibility index (Phi) is 4.17. The van der Waals surface area contributed by atoms with Gasteiger partial charge in [-0.05, 0) is 37.0 Å². The van der Waals surface area contributed by atoms with E-state index in [1.54, 1.807) is 6.08 Å². The Morgan fingerprint density at radius 3 is 2.60 bits per heavy atom. The van der Waals surface area contributed by atoms with Gasteiger partial charge in [0.1, 0.15) is 0 Å². The second-order valence-electron chi connectivity index (χ2n) is 4.67. The monoisotopic (exact) mass is 315 g/mol. The maximum absolute atomic E-state index is 12.2. The van der Waals surface area contributed by atoms with Crippen LogP contribution in [0.2, 0.25) is 5.02 Å². The minimum absolute atomic E-state index is 0.0556. The van der Waals surface area contributed by atoms with Crippen LogP contribution in [0.3, 0.4) is 0 Å². The molecule has 1 aromatic carbocycles. The zero-order valence-electron chi connectivity index (χ0n) is 10.5. The predicted octanol–water partition coefficient (Wildman–Crippen LogP) is 2.28. The van der Waals surface area contributed by atoms with E-state index in [0.717, 1.165) is 18.9 Å². The van der Waals surface area contributed by atoms with Crippen molar-refractivity contribution in [2.45, 2.75) is 23.8 Å². The van der Waals surface area contributed by atoms with Crippen LogP contribution in [-0.2, 0) is 10.0 Å². The number of hydrogen-bond acceptors (Lipinski definition) is 3. The number of benzene rings is 1. The molecule has 7 heteroatoms. The van der Waals surface area contributed by atoms with Gasteiger partial charge >= 0.3 is 5.97 Å². The highest BCUT2D eigenvalue weighted by molar-refractivity contribution is 7.89. The number of halogens is 1. The van der Waals surface area contributed by atoms with E-state index in [1.807, 2.05) is 0 Å². The van der Waals surface area contributed by atoms with Crippen molar-refractivity contribution in [1.29, 1.82) is 0 Å². The molecule has 0 saturated heterocycles. The van der Waals surface area contributed by atoms with Crippen molar-refractivity contribution >= 4 is 27.6 Å². The lowest BCUT2D eigenvalue weighted by molar-refractivity contribution is 0.0697. The summed E-state index contributed by atoms with van der Waals surface area (Å²) in [6.45, 7) is 3.62. The van der Waals surface area contributed by atoms with E-state index in [1.165, 1.54) is 12.1 Å². The van der Waals surface area contributed by atoms with Crippen LogP contribution >= 0.6 is 11.6 Å². The molecule has 2 N–H and O–H groups in total. The Morgan fingerprint density at radius 2 is 2.15 bits per heavy atom. The number of hydrogen-bond donors (Lipinski definition) is 2. The number of sulfonamides is 1. The molecule has 0 aliphatic heterocycles. The lowest BCUT2D eigenvalue weighted by Crippen LogP contribution is -2.34. The van der Waals surface area contributed by atoms with Crippen LogP contribution in [0.4, 0.5) is 0 Å². The van der Waals surface area contributed by atoms with Gasteiger partial charge in [-0.3, -0.25) is 0 Å². The number of carboxylic acids is 1. The molecule has 1 fully saturated rings. The van der Waals surface area contributed by atoms with E-state index in [2.05, 4.69) is 11.3 Å². The first-order valence-electron chi connectivity index (χ1n) is 6.03. The van der Waals surface area contributed by atoms with E-state index >= 15 is 0 Å². The summed E-state index contributed by atoms with van der Waals surface area (Å²) < 4.78 is 26.9. The molecule has 5 nitrogen and oxygen atoms in total. The highest BCUT2D eigenvalue weighted by atomic mass is 35.5. The van der Waals surface area contributed by atoms with Crippen LogP contribution in [0.1, 0.15) is 23.2 Å². The van der Waals surface area contributed by atoms with E-state index in [-0.39, 0.29) is 27.4 Å². The molecule has 1 aliphatic carbocycles. The first kappa shape index (κ1) is 15.0. The standard InChI is InChI=1S/C13H14ClNO4S/c1-2-12(8-3-4-8)15-20(18,19)9-5-6-10(13(16)17)11(14)7-9/h2,5-8,12,15H,1,3-4H2,(H,16,17). The van der Waals surface area contributed by atoms with Gasteiger partial charge in [-0.15, -0.1) is 6.58 Å². The maximum atomic E-state index is 12.2. The van der Waals surface area contributed by atoms with E-state index in [0.29, 0.717) is 0 Å². The quantitative estimate of drug-likeness (QED) is 0.789. The fourth-order valence-corrected chi connectivity index (χ4v) is 3.51. The van der Waals surface area contributed by atoms with Gasteiger partial charge in [0.2, 0.25) is 10.0 Å². The Bertz CT molecular complexity index is 652. The molecule has 0 spiro atoms. The van der Waals surface area contributed by atoms with E-state index in [9.17, 15) is 13.2 Å². The largest absolute Gasteiger partial charge is 0.478 e. The smallest absolute Gasteiger partial charge is 0.337 e. The van der Waals surface area contributed by atoms with Crippen molar-refractivity contribution in [2.75, 3.05) is 0 Å². The molecule has 1 saturated carbocycles. The molecule has 0 amide bonds. The highest BCUT2D eigenvalue weighted by Gasteiger charge is 2.32. The topological polar surface area (TPSA) is 83.5 Å². The van der Waals surface area contributed by atoms with E-state index < -0.39 is 16.0 Å². The number of aromatic carboxylic acids is 1. The Labute approximate surface area is 122 Å². The zero-order valence-corrected chi connectivity index (χ0v) is 12.1. The molecule has 1 aromatic rings. The zero-order chi connectivity index (χ0) is 14.9. The Morgan fingerprint density at radius 1 is 1.50 bits per heavy atom. The molecule has 0 heterocycles. The Hall–Kier alpha value is -1.37. The predicted molar refractivity (Wildman–Crippen MR) is 75.4 cm³/mol. The fourth-order valence-electron chi connectivity index (χ4n) is 1.88. The van der Waals surface area contributed by atoms with Crippen molar-refractivity contribution in [3.63, 3.8) is 0 Å². The number of nitrogens with one attached hydrogen (secondary N) is 1. The molecule has 2 rings (SSSR count). The third kappa shape index (κ3) is 3.20. The second kappa shape index (κ2) is 5.55. The molecule has 0 aromatic heterocycles. The molecular weight excluding hydrogens is 302 g/mol. The molecule has 1 unspecified atom stereocenters. The summed E-state index contributed by atoms with van der Waals surface area (Å²) in [5.74, 6) is -0.912. The average molecular weight is 316 g/mol. The van der Waals surface area contributed by atoms with Gasteiger partial charge in [0.25, 0.3) is 0 Å². The second-order valence-corrected chi connectivity index (χ2v) is 6.79. The summed E-state index contributed by atoms with van der Waals surface area (Å²) in [7, 11) is -3.74. The van der Waals surface area contributed by atoms with Crippen molar-refractivity contribution in [3.8, 4) is 0 Å². The van der Waals surface area contributed by atoms with Crippen molar-refractivity contribution in [1.82, 2.24) is 4.72 Å². The number of carbonyl (C=O) groups is 1. The number of rotatable bonds is 6. The van der Waals surface area contributed by atoms with Gasteiger partial charge in [-0.2, -0.15) is 0 Å². The van der Waals surface area contributed by atoms with Crippen LogP contribution in [0.25, 0.3) is 0 Å². The minimum Gasteiger partial charge on any atom is -0.478 e. The molecule has 0 radical (unpaired) electrons. The van der Waals surface area contributed by atoms with Gasteiger partial charge in [-0.1, -0.05) is 17.7 Å². The molecule has 1 atom stereocenters. The maximum Gasteiger partial charge on any atom is 0.337 e. The first-order chi connectivity index (χ1) is 9.35. The summed E-state index contributed by atoms with van der Waals surface area (Å²) in [5, 5.41) is 8.75. The first-order valence-corrected chi connectivity index (χ1v) is 7.89. The number of carboxylic acid groups (broad SMARTS) is 1. The third-order valence-corrected chi connectivity index (χ3v) is 4.93. The lowest BCUT2D eigenvalue weighted by Gasteiger charge is -2.14. The average Bonchev–Trinajstić information content (AvgIpc) is 3.19. The summed E-state index contributed by atoms with van der Waals surface area (Å²) in [5.41, 5.74) is -0.131. The molecule has 20 heavy (non-hydrogen) atoms. The SMILES string of the molecule is C=CC(NS(=O)(=O)c1ccc(C(=O)O)c(Cl)c1)C1CC1. The third-order valence-electron chi connectivity index (χ3n) is 3.16. The van der Waals surface area contributed by atoms with Crippen LogP contribution in [0, 0.1) is 5.92 Å². The summed E-state index contributed by atoms with van der Waals surface area (Å²) >= 11 is 5.78.